The standard InChI is InChI=1S/C15H31NSe2/c1-3-5-7-9-11-13-16(15(17)18)14-12-10-8-6-4-2/h3-14H2,1-2H3,(H,17,18)/p-1. The second-order valence-corrected chi connectivity index (χ2v) is 8.01. The van der Waals surface area contributed by atoms with Gasteiger partial charge >= 0.3 is 131 Å². The maximum atomic E-state index is 3.13. The molecule has 0 bridgehead atoms. The van der Waals surface area contributed by atoms with E-state index in [4.69, 9.17) is 0 Å². The zero-order valence-electron chi connectivity index (χ0n) is 12.2. The zero-order chi connectivity index (χ0) is 13.6. The van der Waals surface area contributed by atoms with Crippen molar-refractivity contribution in [2.75, 3.05) is 13.1 Å². The molecule has 0 aliphatic carbocycles. The Hall–Kier alpha value is 0.709. The van der Waals surface area contributed by atoms with Gasteiger partial charge in [0.15, 0.2) is 0 Å². The average Bonchev–Trinajstić information content (AvgIpc) is 2.35. The molecule has 0 N–H and O–H groups in total. The molecule has 0 aromatic carbocycles. The van der Waals surface area contributed by atoms with E-state index in [1.54, 1.807) is 0 Å². The molecule has 0 unspecified atom stereocenters. The molecule has 0 amide bonds. The molecule has 0 aliphatic heterocycles. The molecule has 0 atom stereocenters. The predicted octanol–water partition coefficient (Wildman–Crippen LogP) is 3.65. The first-order valence-corrected chi connectivity index (χ1v) is 9.39. The average molecular weight is 382 g/mol. The summed E-state index contributed by atoms with van der Waals surface area (Å²) >= 11 is 6.26. The van der Waals surface area contributed by atoms with Crippen molar-refractivity contribution in [1.29, 1.82) is 0 Å². The fourth-order valence-electron chi connectivity index (χ4n) is 2.11. The fourth-order valence-corrected chi connectivity index (χ4v) is 2.87. The van der Waals surface area contributed by atoms with Crippen LogP contribution in [-0.2, 0) is 0 Å². The normalized spacial score (nSPS) is 10.6. The van der Waals surface area contributed by atoms with Crippen LogP contribution in [0.25, 0.3) is 0 Å². The second kappa shape index (κ2) is 14.1. The molecular weight excluding hydrogens is 352 g/mol. The molecule has 0 heterocycles. The first kappa shape index (κ1) is 18.7. The van der Waals surface area contributed by atoms with Crippen molar-refractivity contribution < 1.29 is 0 Å². The number of hydrogen-bond donors (Lipinski definition) is 0. The first-order valence-electron chi connectivity index (χ1n) is 7.68. The molecule has 108 valence electrons. The third kappa shape index (κ3) is 11.8. The molecular formula is C15H30NSe2-. The van der Waals surface area contributed by atoms with Crippen LogP contribution < -0.4 is 0 Å². The SMILES string of the molecule is CCCCCCCN(CCCCCCC)C(=[Se])[Se-]. The third-order valence-corrected chi connectivity index (χ3v) is 4.40. The van der Waals surface area contributed by atoms with Crippen LogP contribution in [0.1, 0.15) is 78.1 Å². The Kier molecular flexibility index (Phi) is 14.7. The number of unbranched alkanes of at least 4 members (excludes halogenated alkanes) is 8. The van der Waals surface area contributed by atoms with E-state index in [2.05, 4.69) is 50.3 Å². The summed E-state index contributed by atoms with van der Waals surface area (Å²) in [6.45, 7) is 6.98. The molecule has 0 spiro atoms. The molecule has 0 rings (SSSR count). The minimum atomic E-state index is 1.22. The quantitative estimate of drug-likeness (QED) is 0.347. The Balaban J connectivity index is 3.56. The Labute approximate surface area is 131 Å². The van der Waals surface area contributed by atoms with Gasteiger partial charge in [-0.1, -0.05) is 0 Å². The van der Waals surface area contributed by atoms with Gasteiger partial charge in [0.05, 0.1) is 0 Å². The van der Waals surface area contributed by atoms with E-state index in [-0.39, 0.29) is 0 Å². The van der Waals surface area contributed by atoms with Crippen molar-refractivity contribution in [3.63, 3.8) is 0 Å². The summed E-state index contributed by atoms with van der Waals surface area (Å²) < 4.78 is 1.25. The van der Waals surface area contributed by atoms with Gasteiger partial charge in [-0.3, -0.25) is 0 Å². The van der Waals surface area contributed by atoms with E-state index >= 15 is 0 Å². The van der Waals surface area contributed by atoms with E-state index < -0.39 is 0 Å². The van der Waals surface area contributed by atoms with Crippen LogP contribution in [0.2, 0.25) is 0 Å². The molecule has 1 nitrogen and oxygen atoms in total. The van der Waals surface area contributed by atoms with Crippen molar-refractivity contribution in [2.45, 2.75) is 78.1 Å². The van der Waals surface area contributed by atoms with Crippen molar-refractivity contribution >= 4 is 35.0 Å². The number of rotatable bonds is 13. The topological polar surface area (TPSA) is 3.24 Å². The predicted molar refractivity (Wildman–Crippen MR) is 85.6 cm³/mol. The van der Waals surface area contributed by atoms with Gasteiger partial charge in [-0.05, 0) is 0 Å². The molecule has 0 aromatic rings. The Morgan fingerprint density at radius 3 is 1.50 bits per heavy atom. The van der Waals surface area contributed by atoms with Crippen LogP contribution in [-0.4, -0.2) is 53.0 Å². The molecule has 3 heteroatoms. The van der Waals surface area contributed by atoms with E-state index in [0.717, 1.165) is 0 Å². The summed E-state index contributed by atoms with van der Waals surface area (Å²) in [4.78, 5) is 2.48. The Morgan fingerprint density at radius 1 is 0.778 bits per heavy atom. The number of hydrogen-bond acceptors (Lipinski definition) is 1. The number of nitrogens with zero attached hydrogens (tertiary/aromatic N) is 1. The summed E-state index contributed by atoms with van der Waals surface area (Å²) in [5, 5.41) is 0. The van der Waals surface area contributed by atoms with Crippen LogP contribution in [0.15, 0.2) is 0 Å². The van der Waals surface area contributed by atoms with Gasteiger partial charge in [0.1, 0.15) is 0 Å². The van der Waals surface area contributed by atoms with Crippen LogP contribution in [0.3, 0.4) is 0 Å². The van der Waals surface area contributed by atoms with Crippen LogP contribution in [0, 0.1) is 0 Å². The van der Waals surface area contributed by atoms with Crippen molar-refractivity contribution in [3.05, 3.63) is 0 Å². The Bertz CT molecular complexity index is 181. The first-order chi connectivity index (χ1) is 8.72. The van der Waals surface area contributed by atoms with Gasteiger partial charge in [-0.25, -0.2) is 0 Å². The van der Waals surface area contributed by atoms with Gasteiger partial charge in [0.25, 0.3) is 0 Å². The van der Waals surface area contributed by atoms with Crippen molar-refractivity contribution in [2.24, 2.45) is 0 Å². The molecule has 0 saturated carbocycles. The van der Waals surface area contributed by atoms with E-state index in [1.807, 2.05) is 0 Å². The Morgan fingerprint density at radius 2 is 1.17 bits per heavy atom. The van der Waals surface area contributed by atoms with Crippen molar-refractivity contribution in [1.82, 2.24) is 4.90 Å². The van der Waals surface area contributed by atoms with Gasteiger partial charge in [0, 0.05) is 0 Å². The molecule has 0 aliphatic rings. The van der Waals surface area contributed by atoms with E-state index in [1.165, 1.54) is 80.7 Å². The van der Waals surface area contributed by atoms with Gasteiger partial charge in [0.2, 0.25) is 0 Å². The summed E-state index contributed by atoms with van der Waals surface area (Å²) in [6, 6.07) is 0. The summed E-state index contributed by atoms with van der Waals surface area (Å²) in [5.74, 6) is 0. The van der Waals surface area contributed by atoms with E-state index in [0.29, 0.717) is 0 Å². The molecule has 18 heavy (non-hydrogen) atoms. The van der Waals surface area contributed by atoms with Gasteiger partial charge in [-0.15, -0.1) is 0 Å². The maximum absolute atomic E-state index is 3.13. The second-order valence-electron chi connectivity index (χ2n) is 5.08. The van der Waals surface area contributed by atoms with Crippen LogP contribution in [0.5, 0.6) is 0 Å². The summed E-state index contributed by atoms with van der Waals surface area (Å²) in [7, 11) is 0. The van der Waals surface area contributed by atoms with Crippen LogP contribution in [0.4, 0.5) is 0 Å². The molecule has 0 aromatic heterocycles. The monoisotopic (exact) mass is 384 g/mol. The molecule has 0 radical (unpaired) electrons. The minimum absolute atomic E-state index is 1.22. The zero-order valence-corrected chi connectivity index (χ0v) is 15.7. The summed E-state index contributed by atoms with van der Waals surface area (Å²) in [5.41, 5.74) is 0. The molecule has 0 saturated heterocycles. The van der Waals surface area contributed by atoms with Gasteiger partial charge < -0.3 is 0 Å². The van der Waals surface area contributed by atoms with E-state index in [9.17, 15) is 0 Å². The molecule has 0 fully saturated rings. The van der Waals surface area contributed by atoms with Crippen molar-refractivity contribution in [3.8, 4) is 0 Å². The third-order valence-electron chi connectivity index (χ3n) is 3.32. The van der Waals surface area contributed by atoms with Gasteiger partial charge in [-0.2, -0.15) is 0 Å². The fraction of sp³-hybridized carbons (Fsp3) is 0.933. The summed E-state index contributed by atoms with van der Waals surface area (Å²) in [6.07, 6.45) is 13.7. The van der Waals surface area contributed by atoms with Crippen LogP contribution >= 0.6 is 0 Å².